The average Bonchev–Trinajstić information content (AvgIpc) is 2.62. The number of nitrogens with one attached hydrogen (secondary N) is 1. The third kappa shape index (κ3) is 4.16. The number of nitrogens with zero attached hydrogens (tertiary/aromatic N) is 1. The summed E-state index contributed by atoms with van der Waals surface area (Å²) in [6.07, 6.45) is 2.39. The minimum Gasteiger partial charge on any atom is -0.457 e. The summed E-state index contributed by atoms with van der Waals surface area (Å²) in [5.41, 5.74) is 1.10. The molecule has 0 aliphatic heterocycles. The van der Waals surface area contributed by atoms with Crippen molar-refractivity contribution in [1.29, 1.82) is 0 Å². The van der Waals surface area contributed by atoms with E-state index in [2.05, 4.69) is 10.3 Å². The van der Waals surface area contributed by atoms with E-state index in [-0.39, 0.29) is 11.5 Å². The fraction of sp³-hybridized carbons (Fsp3) is 0.0526. The lowest BCUT2D eigenvalue weighted by molar-refractivity contribution is 0.0950. The minimum absolute atomic E-state index is 0.194. The van der Waals surface area contributed by atoms with Gasteiger partial charge in [0.25, 0.3) is 5.91 Å². The fourth-order valence-corrected chi connectivity index (χ4v) is 2.12. The maximum Gasteiger partial charge on any atom is 0.253 e. The second-order valence-electron chi connectivity index (χ2n) is 5.13. The zero-order valence-electron chi connectivity index (χ0n) is 12.8. The quantitative estimate of drug-likeness (QED) is 0.774. The number of ether oxygens (including phenoxy) is 1. The number of carbonyl (C=O) groups excluding carboxylic acids is 1. The first-order valence-corrected chi connectivity index (χ1v) is 7.41. The average molecular weight is 322 g/mol. The van der Waals surface area contributed by atoms with Crippen molar-refractivity contribution in [3.8, 4) is 11.5 Å². The highest BCUT2D eigenvalue weighted by molar-refractivity contribution is 5.93. The van der Waals surface area contributed by atoms with Crippen LogP contribution in [-0.2, 0) is 6.54 Å². The van der Waals surface area contributed by atoms with E-state index in [4.69, 9.17) is 4.74 Å². The van der Waals surface area contributed by atoms with E-state index in [9.17, 15) is 9.18 Å². The van der Waals surface area contributed by atoms with Gasteiger partial charge >= 0.3 is 0 Å². The smallest absolute Gasteiger partial charge is 0.253 e. The highest BCUT2D eigenvalue weighted by Crippen LogP contribution is 2.21. The van der Waals surface area contributed by atoms with Crippen LogP contribution in [0.5, 0.6) is 11.5 Å². The van der Waals surface area contributed by atoms with E-state index >= 15 is 0 Å². The Balaban J connectivity index is 1.57. The van der Waals surface area contributed by atoms with Gasteiger partial charge in [0.2, 0.25) is 0 Å². The third-order valence-corrected chi connectivity index (χ3v) is 3.32. The summed E-state index contributed by atoms with van der Waals surface area (Å²) in [6, 6.07) is 18.0. The van der Waals surface area contributed by atoms with Crippen LogP contribution < -0.4 is 10.1 Å². The first kappa shape index (κ1) is 15.7. The normalized spacial score (nSPS) is 10.2. The number of aromatic nitrogens is 1. The van der Waals surface area contributed by atoms with Crippen molar-refractivity contribution in [1.82, 2.24) is 10.3 Å². The zero-order chi connectivity index (χ0) is 16.8. The zero-order valence-corrected chi connectivity index (χ0v) is 12.8. The van der Waals surface area contributed by atoms with Crippen molar-refractivity contribution in [2.45, 2.75) is 6.54 Å². The molecule has 3 rings (SSSR count). The molecule has 1 N–H and O–H groups in total. The van der Waals surface area contributed by atoms with Gasteiger partial charge in [-0.2, -0.15) is 0 Å². The second-order valence-corrected chi connectivity index (χ2v) is 5.13. The van der Waals surface area contributed by atoms with Gasteiger partial charge in [-0.25, -0.2) is 4.39 Å². The minimum atomic E-state index is -0.537. The second kappa shape index (κ2) is 7.37. The Bertz CT molecular complexity index is 820. The molecule has 2 aromatic carbocycles. The number of amides is 1. The summed E-state index contributed by atoms with van der Waals surface area (Å²) in [5.74, 6) is 0.569. The van der Waals surface area contributed by atoms with Gasteiger partial charge in [0.15, 0.2) is 0 Å². The lowest BCUT2D eigenvalue weighted by atomic mass is 10.2. The SMILES string of the molecule is O=C(NCc1ccc(Oc2ccccc2)cc1)c1cncc(F)c1. The predicted octanol–water partition coefficient (Wildman–Crippen LogP) is 3.94. The van der Waals surface area contributed by atoms with E-state index in [1.165, 1.54) is 6.20 Å². The van der Waals surface area contributed by atoms with Crippen LogP contribution in [0.3, 0.4) is 0 Å². The molecule has 0 aliphatic carbocycles. The van der Waals surface area contributed by atoms with Crippen molar-refractivity contribution >= 4 is 5.91 Å². The van der Waals surface area contributed by atoms with E-state index in [0.717, 1.165) is 23.6 Å². The summed E-state index contributed by atoms with van der Waals surface area (Å²) < 4.78 is 18.8. The standard InChI is InChI=1S/C19H15FN2O2/c20-16-10-15(12-21-13-16)19(23)22-11-14-6-8-18(9-7-14)24-17-4-2-1-3-5-17/h1-10,12-13H,11H2,(H,22,23). The Morgan fingerprint density at radius 2 is 1.71 bits per heavy atom. The first-order chi connectivity index (χ1) is 11.7. The molecule has 0 aliphatic rings. The van der Waals surface area contributed by atoms with Crippen LogP contribution in [-0.4, -0.2) is 10.9 Å². The van der Waals surface area contributed by atoms with Crippen LogP contribution in [0.1, 0.15) is 15.9 Å². The summed E-state index contributed by atoms with van der Waals surface area (Å²) in [6.45, 7) is 0.334. The van der Waals surface area contributed by atoms with Crippen LogP contribution in [0.4, 0.5) is 4.39 Å². The molecule has 0 fully saturated rings. The number of carbonyl (C=O) groups is 1. The predicted molar refractivity (Wildman–Crippen MR) is 88.3 cm³/mol. The molecular weight excluding hydrogens is 307 g/mol. The van der Waals surface area contributed by atoms with Gasteiger partial charge < -0.3 is 10.1 Å². The molecule has 0 saturated heterocycles. The van der Waals surface area contributed by atoms with Crippen molar-refractivity contribution in [3.05, 3.63) is 90.0 Å². The Labute approximate surface area is 138 Å². The monoisotopic (exact) mass is 322 g/mol. The molecule has 1 aromatic heterocycles. The summed E-state index contributed by atoms with van der Waals surface area (Å²) >= 11 is 0. The van der Waals surface area contributed by atoms with Crippen LogP contribution in [0, 0.1) is 5.82 Å². The molecule has 120 valence electrons. The third-order valence-electron chi connectivity index (χ3n) is 3.32. The number of hydrogen-bond donors (Lipinski definition) is 1. The van der Waals surface area contributed by atoms with Crippen molar-refractivity contribution < 1.29 is 13.9 Å². The molecule has 4 nitrogen and oxygen atoms in total. The largest absolute Gasteiger partial charge is 0.457 e. The number of rotatable bonds is 5. The molecule has 0 spiro atoms. The maximum absolute atomic E-state index is 13.1. The Morgan fingerprint density at radius 3 is 2.42 bits per heavy atom. The summed E-state index contributed by atoms with van der Waals surface area (Å²) in [7, 11) is 0. The Kier molecular flexibility index (Phi) is 4.81. The van der Waals surface area contributed by atoms with Gasteiger partial charge in [0, 0.05) is 12.7 Å². The van der Waals surface area contributed by atoms with Crippen LogP contribution in [0.2, 0.25) is 0 Å². The van der Waals surface area contributed by atoms with Gasteiger partial charge in [-0.15, -0.1) is 0 Å². The van der Waals surface area contributed by atoms with Gasteiger partial charge in [0.05, 0.1) is 11.8 Å². The molecule has 0 saturated carbocycles. The summed E-state index contributed by atoms with van der Waals surface area (Å²) in [4.78, 5) is 15.6. The van der Waals surface area contributed by atoms with E-state index in [1.807, 2.05) is 54.6 Å². The number of hydrogen-bond acceptors (Lipinski definition) is 3. The Hall–Kier alpha value is -3.21. The highest BCUT2D eigenvalue weighted by Gasteiger charge is 2.07. The van der Waals surface area contributed by atoms with Gasteiger partial charge in [-0.1, -0.05) is 30.3 Å². The molecule has 0 atom stereocenters. The van der Waals surface area contributed by atoms with Crippen molar-refractivity contribution in [2.24, 2.45) is 0 Å². The number of halogens is 1. The van der Waals surface area contributed by atoms with Crippen LogP contribution in [0.15, 0.2) is 73.1 Å². The lowest BCUT2D eigenvalue weighted by Gasteiger charge is -2.08. The molecule has 5 heteroatoms. The number of pyridine rings is 1. The van der Waals surface area contributed by atoms with Crippen molar-refractivity contribution in [3.63, 3.8) is 0 Å². The van der Waals surface area contributed by atoms with Gasteiger partial charge in [0.1, 0.15) is 17.3 Å². The lowest BCUT2D eigenvalue weighted by Crippen LogP contribution is -2.23. The molecule has 3 aromatic rings. The fourth-order valence-electron chi connectivity index (χ4n) is 2.12. The first-order valence-electron chi connectivity index (χ1n) is 7.41. The summed E-state index contributed by atoms with van der Waals surface area (Å²) in [5, 5.41) is 2.73. The number of benzene rings is 2. The van der Waals surface area contributed by atoms with E-state index in [0.29, 0.717) is 12.3 Å². The van der Waals surface area contributed by atoms with E-state index in [1.54, 1.807) is 0 Å². The van der Waals surface area contributed by atoms with Crippen molar-refractivity contribution in [2.75, 3.05) is 0 Å². The van der Waals surface area contributed by atoms with Gasteiger partial charge in [-0.05, 0) is 35.9 Å². The molecule has 0 unspecified atom stereocenters. The molecular formula is C19H15FN2O2. The topological polar surface area (TPSA) is 51.2 Å². The highest BCUT2D eigenvalue weighted by atomic mass is 19.1. The molecule has 1 heterocycles. The maximum atomic E-state index is 13.1. The van der Waals surface area contributed by atoms with Crippen LogP contribution >= 0.6 is 0 Å². The number of para-hydroxylation sites is 1. The Morgan fingerprint density at radius 1 is 1.00 bits per heavy atom. The van der Waals surface area contributed by atoms with E-state index < -0.39 is 5.82 Å². The van der Waals surface area contributed by atoms with Gasteiger partial charge in [-0.3, -0.25) is 9.78 Å². The molecule has 1 amide bonds. The molecule has 0 radical (unpaired) electrons. The molecule has 0 bridgehead atoms. The molecule has 24 heavy (non-hydrogen) atoms. The van der Waals surface area contributed by atoms with Crippen LogP contribution in [0.25, 0.3) is 0 Å².